The van der Waals surface area contributed by atoms with Gasteiger partial charge in [0.2, 0.25) is 10.0 Å². The van der Waals surface area contributed by atoms with Crippen molar-refractivity contribution >= 4 is 10.0 Å². The quantitative estimate of drug-likeness (QED) is 0.927. The van der Waals surface area contributed by atoms with Crippen molar-refractivity contribution in [2.45, 2.75) is 30.6 Å². The molecule has 0 aliphatic heterocycles. The molecule has 3 unspecified atom stereocenters. The van der Waals surface area contributed by atoms with Gasteiger partial charge in [0.25, 0.3) is 0 Å². The summed E-state index contributed by atoms with van der Waals surface area (Å²) in [5.74, 6) is 1.49. The number of hydrogen-bond donors (Lipinski definition) is 1. The molecule has 0 radical (unpaired) electrons. The van der Waals surface area contributed by atoms with E-state index in [-0.39, 0.29) is 10.6 Å². The van der Waals surface area contributed by atoms with Gasteiger partial charge in [0.15, 0.2) is 0 Å². The number of sulfonamides is 1. The molecule has 110 valence electrons. The van der Waals surface area contributed by atoms with Gasteiger partial charge in [0.1, 0.15) is 16.5 Å². The molecule has 2 saturated carbocycles. The number of hydrogen-bond acceptors (Lipinski definition) is 3. The fourth-order valence-corrected chi connectivity index (χ4v) is 4.29. The summed E-state index contributed by atoms with van der Waals surface area (Å²) in [5.41, 5.74) is 0. The number of nitrogens with two attached hydrogens (primary N) is 1. The third kappa shape index (κ3) is 2.67. The predicted molar refractivity (Wildman–Crippen MR) is 72.2 cm³/mol. The van der Waals surface area contributed by atoms with E-state index in [0.29, 0.717) is 18.4 Å². The van der Waals surface area contributed by atoms with E-state index in [9.17, 15) is 12.8 Å². The molecular weight excluding hydrogens is 281 g/mol. The van der Waals surface area contributed by atoms with Crippen LogP contribution in [0.5, 0.6) is 5.75 Å². The van der Waals surface area contributed by atoms with E-state index in [1.807, 2.05) is 0 Å². The lowest BCUT2D eigenvalue weighted by atomic mass is 9.89. The van der Waals surface area contributed by atoms with Gasteiger partial charge < -0.3 is 4.74 Å². The molecule has 4 nitrogen and oxygen atoms in total. The Morgan fingerprint density at radius 3 is 2.70 bits per heavy atom. The van der Waals surface area contributed by atoms with E-state index in [1.54, 1.807) is 0 Å². The lowest BCUT2D eigenvalue weighted by Crippen LogP contribution is -2.20. The summed E-state index contributed by atoms with van der Waals surface area (Å²) in [6.45, 7) is 0.481. The molecular formula is C14H18FNO3S. The normalized spacial score (nSPS) is 28.8. The molecule has 0 amide bonds. The van der Waals surface area contributed by atoms with Crippen molar-refractivity contribution in [1.29, 1.82) is 0 Å². The first-order valence-electron chi connectivity index (χ1n) is 6.88. The molecule has 3 rings (SSSR count). The molecule has 2 aliphatic rings. The van der Waals surface area contributed by atoms with Crippen LogP contribution in [0, 0.1) is 23.6 Å². The SMILES string of the molecule is NS(=O)(=O)c1cc(F)ccc1OCC1CC2CCC1C2. The highest BCUT2D eigenvalue weighted by atomic mass is 32.2. The number of rotatable bonds is 4. The average molecular weight is 299 g/mol. The minimum atomic E-state index is -3.98. The first-order chi connectivity index (χ1) is 9.43. The monoisotopic (exact) mass is 299 g/mol. The van der Waals surface area contributed by atoms with E-state index >= 15 is 0 Å². The molecule has 2 bridgehead atoms. The Kier molecular flexibility index (Phi) is 3.46. The Morgan fingerprint density at radius 1 is 1.30 bits per heavy atom. The molecule has 1 aromatic rings. The first kappa shape index (κ1) is 13.8. The Labute approximate surface area is 118 Å². The third-order valence-corrected chi connectivity index (χ3v) is 5.48. The largest absolute Gasteiger partial charge is 0.492 e. The van der Waals surface area contributed by atoms with Gasteiger partial charge in [-0.15, -0.1) is 0 Å². The molecule has 20 heavy (non-hydrogen) atoms. The second-order valence-corrected chi connectivity index (χ2v) is 7.41. The molecule has 2 fully saturated rings. The smallest absolute Gasteiger partial charge is 0.241 e. The van der Waals surface area contributed by atoms with Crippen LogP contribution in [-0.4, -0.2) is 15.0 Å². The van der Waals surface area contributed by atoms with Crippen molar-refractivity contribution < 1.29 is 17.5 Å². The minimum absolute atomic E-state index is 0.150. The van der Waals surface area contributed by atoms with Gasteiger partial charge in [0, 0.05) is 0 Å². The van der Waals surface area contributed by atoms with Crippen LogP contribution in [0.1, 0.15) is 25.7 Å². The summed E-state index contributed by atoms with van der Waals surface area (Å²) in [6.07, 6.45) is 4.96. The summed E-state index contributed by atoms with van der Waals surface area (Å²) < 4.78 is 41.7. The second kappa shape index (κ2) is 5.00. The first-order valence-corrected chi connectivity index (χ1v) is 8.43. The van der Waals surface area contributed by atoms with Gasteiger partial charge in [0.05, 0.1) is 6.61 Å². The third-order valence-electron chi connectivity index (χ3n) is 4.55. The molecule has 0 spiro atoms. The predicted octanol–water partition coefficient (Wildman–Crippen LogP) is 2.29. The van der Waals surface area contributed by atoms with Crippen LogP contribution in [0.15, 0.2) is 23.1 Å². The van der Waals surface area contributed by atoms with Crippen molar-refractivity contribution in [3.8, 4) is 5.75 Å². The van der Waals surface area contributed by atoms with Gasteiger partial charge in [-0.2, -0.15) is 0 Å². The van der Waals surface area contributed by atoms with Crippen molar-refractivity contribution in [2.24, 2.45) is 22.9 Å². The standard InChI is InChI=1S/C14H18FNO3S/c15-12-3-4-13(14(7-12)20(16,17)18)19-8-11-6-9-1-2-10(11)5-9/h3-4,7,9-11H,1-2,5-6,8H2,(H2,16,17,18). The number of primary sulfonamides is 1. The van der Waals surface area contributed by atoms with Crippen molar-refractivity contribution in [3.05, 3.63) is 24.0 Å². The maximum atomic E-state index is 13.2. The van der Waals surface area contributed by atoms with E-state index < -0.39 is 15.8 Å². The van der Waals surface area contributed by atoms with Crippen molar-refractivity contribution in [1.82, 2.24) is 0 Å². The van der Waals surface area contributed by atoms with Crippen LogP contribution in [0.25, 0.3) is 0 Å². The number of benzene rings is 1. The van der Waals surface area contributed by atoms with Crippen LogP contribution < -0.4 is 9.88 Å². The van der Waals surface area contributed by atoms with Gasteiger partial charge in [-0.05, 0) is 55.2 Å². The summed E-state index contributed by atoms with van der Waals surface area (Å²) in [6, 6.07) is 3.43. The fraction of sp³-hybridized carbons (Fsp3) is 0.571. The van der Waals surface area contributed by atoms with E-state index in [0.717, 1.165) is 18.4 Å². The minimum Gasteiger partial charge on any atom is -0.492 e. The molecule has 0 saturated heterocycles. The topological polar surface area (TPSA) is 69.4 Å². The van der Waals surface area contributed by atoms with Gasteiger partial charge in [-0.3, -0.25) is 0 Å². The fourth-order valence-electron chi connectivity index (χ4n) is 3.60. The Balaban J connectivity index is 1.74. The van der Waals surface area contributed by atoms with Crippen molar-refractivity contribution in [3.63, 3.8) is 0 Å². The van der Waals surface area contributed by atoms with E-state index in [1.165, 1.54) is 31.4 Å². The van der Waals surface area contributed by atoms with Gasteiger partial charge >= 0.3 is 0 Å². The summed E-state index contributed by atoms with van der Waals surface area (Å²) >= 11 is 0. The van der Waals surface area contributed by atoms with Crippen molar-refractivity contribution in [2.75, 3.05) is 6.61 Å². The Morgan fingerprint density at radius 2 is 2.10 bits per heavy atom. The molecule has 6 heteroatoms. The summed E-state index contributed by atoms with van der Waals surface area (Å²) in [4.78, 5) is -0.277. The molecule has 0 aromatic heterocycles. The van der Waals surface area contributed by atoms with Crippen LogP contribution in [0.4, 0.5) is 4.39 Å². The van der Waals surface area contributed by atoms with Crippen LogP contribution in [0.2, 0.25) is 0 Å². The molecule has 2 N–H and O–H groups in total. The number of halogens is 1. The molecule has 2 aliphatic carbocycles. The van der Waals surface area contributed by atoms with Crippen LogP contribution >= 0.6 is 0 Å². The molecule has 3 atom stereocenters. The zero-order valence-corrected chi connectivity index (χ0v) is 11.9. The lowest BCUT2D eigenvalue weighted by molar-refractivity contribution is 0.191. The number of fused-ring (bicyclic) bond motifs is 2. The maximum Gasteiger partial charge on any atom is 0.241 e. The lowest BCUT2D eigenvalue weighted by Gasteiger charge is -2.22. The molecule has 1 aromatic carbocycles. The average Bonchev–Trinajstić information content (AvgIpc) is 2.98. The van der Waals surface area contributed by atoms with Crippen LogP contribution in [0.3, 0.4) is 0 Å². The zero-order chi connectivity index (χ0) is 14.3. The molecule has 0 heterocycles. The highest BCUT2D eigenvalue weighted by molar-refractivity contribution is 7.89. The summed E-state index contributed by atoms with van der Waals surface area (Å²) in [5, 5.41) is 5.10. The van der Waals surface area contributed by atoms with E-state index in [4.69, 9.17) is 9.88 Å². The number of ether oxygens (including phenoxy) is 1. The van der Waals surface area contributed by atoms with E-state index in [2.05, 4.69) is 0 Å². The van der Waals surface area contributed by atoms with Gasteiger partial charge in [-0.25, -0.2) is 17.9 Å². The highest BCUT2D eigenvalue weighted by Crippen LogP contribution is 2.48. The highest BCUT2D eigenvalue weighted by Gasteiger charge is 2.39. The second-order valence-electron chi connectivity index (χ2n) is 5.88. The zero-order valence-electron chi connectivity index (χ0n) is 11.1. The Bertz CT molecular complexity index is 617. The van der Waals surface area contributed by atoms with Gasteiger partial charge in [-0.1, -0.05) is 6.42 Å². The Hall–Kier alpha value is -1.14. The van der Waals surface area contributed by atoms with Crippen LogP contribution in [-0.2, 0) is 10.0 Å². The maximum absolute atomic E-state index is 13.2. The summed E-state index contributed by atoms with van der Waals surface area (Å²) in [7, 11) is -3.98.